The van der Waals surface area contributed by atoms with Crippen molar-refractivity contribution in [3.63, 3.8) is 0 Å². The summed E-state index contributed by atoms with van der Waals surface area (Å²) in [7, 11) is -3.59. The molecule has 20 heavy (non-hydrogen) atoms. The van der Waals surface area contributed by atoms with Crippen LogP contribution in [0.4, 0.5) is 0 Å². The maximum atomic E-state index is 12.3. The summed E-state index contributed by atoms with van der Waals surface area (Å²) in [5, 5.41) is 4.22. The van der Waals surface area contributed by atoms with Gasteiger partial charge < -0.3 is 10.5 Å². The Morgan fingerprint density at radius 1 is 1.45 bits per heavy atom. The zero-order valence-electron chi connectivity index (χ0n) is 12.5. The number of hydrogen-bond donors (Lipinski definition) is 2. The van der Waals surface area contributed by atoms with E-state index in [1.54, 1.807) is 18.5 Å². The molecule has 1 heterocycles. The first-order valence-electron chi connectivity index (χ1n) is 6.68. The lowest BCUT2D eigenvalue weighted by molar-refractivity contribution is 0.0799. The number of ether oxygens (including phenoxy) is 1. The van der Waals surface area contributed by atoms with E-state index in [9.17, 15) is 8.42 Å². The van der Waals surface area contributed by atoms with Gasteiger partial charge in [-0.15, -0.1) is 0 Å². The molecule has 0 saturated carbocycles. The Hall–Kier alpha value is -0.960. The number of aromatic nitrogens is 2. The first-order valence-corrected chi connectivity index (χ1v) is 8.17. The van der Waals surface area contributed by atoms with Crippen molar-refractivity contribution in [2.24, 2.45) is 5.73 Å². The molecule has 1 rings (SSSR count). The molecule has 1 atom stereocenters. The van der Waals surface area contributed by atoms with Crippen LogP contribution in [0.3, 0.4) is 0 Å². The van der Waals surface area contributed by atoms with Gasteiger partial charge in [-0.05, 0) is 27.7 Å². The number of nitrogens with one attached hydrogen (secondary N) is 1. The average Bonchev–Trinajstić information content (AvgIpc) is 2.64. The Bertz CT molecular complexity index is 539. The van der Waals surface area contributed by atoms with Gasteiger partial charge in [-0.2, -0.15) is 5.10 Å². The second-order valence-electron chi connectivity index (χ2n) is 4.63. The van der Waals surface area contributed by atoms with E-state index in [-0.39, 0.29) is 17.5 Å². The van der Waals surface area contributed by atoms with Crippen LogP contribution in [0.25, 0.3) is 0 Å². The van der Waals surface area contributed by atoms with Crippen molar-refractivity contribution in [3.8, 4) is 0 Å². The normalized spacial score (nSPS) is 13.7. The monoisotopic (exact) mass is 304 g/mol. The minimum absolute atomic E-state index is 0.172. The molecule has 0 aromatic carbocycles. The van der Waals surface area contributed by atoms with Crippen LogP contribution >= 0.6 is 0 Å². The van der Waals surface area contributed by atoms with Crippen molar-refractivity contribution in [1.29, 1.82) is 0 Å². The predicted molar refractivity (Wildman–Crippen MR) is 77.0 cm³/mol. The molecule has 0 bridgehead atoms. The van der Waals surface area contributed by atoms with Gasteiger partial charge in [-0.1, -0.05) is 0 Å². The van der Waals surface area contributed by atoms with E-state index in [0.717, 1.165) is 0 Å². The van der Waals surface area contributed by atoms with Gasteiger partial charge in [0, 0.05) is 19.7 Å². The Morgan fingerprint density at radius 3 is 2.65 bits per heavy atom. The maximum Gasteiger partial charge on any atom is 0.244 e. The molecule has 0 radical (unpaired) electrons. The molecule has 0 aliphatic rings. The molecule has 1 unspecified atom stereocenters. The van der Waals surface area contributed by atoms with Crippen molar-refractivity contribution in [3.05, 3.63) is 11.4 Å². The molecule has 0 aliphatic carbocycles. The number of nitrogens with two attached hydrogens (primary N) is 1. The summed E-state index contributed by atoms with van der Waals surface area (Å²) in [6.45, 7) is 8.80. The van der Waals surface area contributed by atoms with Crippen LogP contribution in [0.2, 0.25) is 0 Å². The summed E-state index contributed by atoms with van der Waals surface area (Å²) in [6.07, 6.45) is -0.172. The van der Waals surface area contributed by atoms with Gasteiger partial charge in [0.05, 0.1) is 24.0 Å². The van der Waals surface area contributed by atoms with Gasteiger partial charge >= 0.3 is 0 Å². The van der Waals surface area contributed by atoms with E-state index in [1.165, 1.54) is 0 Å². The van der Waals surface area contributed by atoms with E-state index in [4.69, 9.17) is 10.5 Å². The minimum Gasteiger partial charge on any atom is -0.377 e. The molecule has 0 aliphatic heterocycles. The van der Waals surface area contributed by atoms with E-state index >= 15 is 0 Å². The second-order valence-corrected chi connectivity index (χ2v) is 6.33. The first kappa shape index (κ1) is 17.1. The van der Waals surface area contributed by atoms with Crippen molar-refractivity contribution in [1.82, 2.24) is 14.5 Å². The summed E-state index contributed by atoms with van der Waals surface area (Å²) in [6, 6.07) is 0. The number of sulfonamides is 1. The van der Waals surface area contributed by atoms with E-state index in [1.807, 2.05) is 13.8 Å². The molecule has 0 amide bonds. The molecule has 3 N–H and O–H groups in total. The topological polar surface area (TPSA) is 99.2 Å². The van der Waals surface area contributed by atoms with Crippen molar-refractivity contribution < 1.29 is 13.2 Å². The zero-order chi connectivity index (χ0) is 15.3. The lowest BCUT2D eigenvalue weighted by Gasteiger charge is -2.13. The molecule has 8 heteroatoms. The lowest BCUT2D eigenvalue weighted by atomic mass is 10.4. The highest BCUT2D eigenvalue weighted by Gasteiger charge is 2.24. The van der Waals surface area contributed by atoms with Crippen LogP contribution in [0.1, 0.15) is 25.2 Å². The summed E-state index contributed by atoms with van der Waals surface area (Å²) in [5.41, 5.74) is 6.57. The lowest BCUT2D eigenvalue weighted by Crippen LogP contribution is -2.32. The molecular weight excluding hydrogens is 280 g/mol. The number of rotatable bonds is 8. The molecule has 0 spiro atoms. The van der Waals surface area contributed by atoms with Crippen molar-refractivity contribution in [2.75, 3.05) is 19.7 Å². The van der Waals surface area contributed by atoms with Crippen LogP contribution in [0.5, 0.6) is 0 Å². The Balaban J connectivity index is 2.92. The number of hydrogen-bond acceptors (Lipinski definition) is 5. The summed E-state index contributed by atoms with van der Waals surface area (Å²) in [4.78, 5) is 0.231. The third kappa shape index (κ3) is 4.02. The standard InChI is InChI=1S/C12H24N4O3S/c1-5-19-9(2)8-14-20(17,18)12-10(3)15-16(7-6-13)11(12)4/h9,14H,5-8,13H2,1-4H3. The predicted octanol–water partition coefficient (Wildman–Crippen LogP) is 0.162. The second kappa shape index (κ2) is 7.16. The molecular formula is C12H24N4O3S. The number of nitrogens with zero attached hydrogens (tertiary/aromatic N) is 2. The minimum atomic E-state index is -3.59. The fraction of sp³-hybridized carbons (Fsp3) is 0.750. The SMILES string of the molecule is CCOC(C)CNS(=O)(=O)c1c(C)nn(CCN)c1C. The van der Waals surface area contributed by atoms with Crippen LogP contribution < -0.4 is 10.5 Å². The Labute approximate surface area is 120 Å². The molecule has 7 nitrogen and oxygen atoms in total. The van der Waals surface area contributed by atoms with E-state index < -0.39 is 10.0 Å². The van der Waals surface area contributed by atoms with Gasteiger partial charge in [0.25, 0.3) is 0 Å². The van der Waals surface area contributed by atoms with Crippen molar-refractivity contribution in [2.45, 2.75) is 45.2 Å². The van der Waals surface area contributed by atoms with Gasteiger partial charge in [0.15, 0.2) is 0 Å². The molecule has 0 saturated heterocycles. The summed E-state index contributed by atoms with van der Waals surface area (Å²) >= 11 is 0. The Morgan fingerprint density at radius 2 is 2.10 bits per heavy atom. The quantitative estimate of drug-likeness (QED) is 0.713. The number of aryl methyl sites for hydroxylation is 1. The van der Waals surface area contributed by atoms with E-state index in [0.29, 0.717) is 31.1 Å². The smallest absolute Gasteiger partial charge is 0.244 e. The fourth-order valence-electron chi connectivity index (χ4n) is 2.05. The summed E-state index contributed by atoms with van der Waals surface area (Å²) in [5.74, 6) is 0. The van der Waals surface area contributed by atoms with Crippen LogP contribution in [-0.4, -0.2) is 44.0 Å². The summed E-state index contributed by atoms with van der Waals surface area (Å²) < 4.78 is 34.2. The van der Waals surface area contributed by atoms with Crippen LogP contribution in [0, 0.1) is 13.8 Å². The van der Waals surface area contributed by atoms with Crippen LogP contribution in [-0.2, 0) is 21.3 Å². The highest BCUT2D eigenvalue weighted by atomic mass is 32.2. The molecule has 1 aromatic heterocycles. The van der Waals surface area contributed by atoms with Gasteiger partial charge in [0.2, 0.25) is 10.0 Å². The molecule has 1 aromatic rings. The third-order valence-electron chi connectivity index (χ3n) is 2.94. The highest BCUT2D eigenvalue weighted by molar-refractivity contribution is 7.89. The average molecular weight is 304 g/mol. The highest BCUT2D eigenvalue weighted by Crippen LogP contribution is 2.19. The largest absolute Gasteiger partial charge is 0.377 e. The third-order valence-corrected chi connectivity index (χ3v) is 4.61. The molecule has 0 fully saturated rings. The first-order chi connectivity index (χ1) is 9.33. The van der Waals surface area contributed by atoms with Crippen molar-refractivity contribution >= 4 is 10.0 Å². The zero-order valence-corrected chi connectivity index (χ0v) is 13.3. The van der Waals surface area contributed by atoms with E-state index in [2.05, 4.69) is 9.82 Å². The molecule has 116 valence electrons. The van der Waals surface area contributed by atoms with Crippen LogP contribution in [0.15, 0.2) is 4.90 Å². The Kier molecular flexibility index (Phi) is 6.12. The van der Waals surface area contributed by atoms with Gasteiger partial charge in [-0.25, -0.2) is 13.1 Å². The maximum absolute atomic E-state index is 12.3. The van der Waals surface area contributed by atoms with Gasteiger partial charge in [0.1, 0.15) is 4.90 Å². The van der Waals surface area contributed by atoms with Gasteiger partial charge in [-0.3, -0.25) is 4.68 Å². The fourth-order valence-corrected chi connectivity index (χ4v) is 3.57.